The topological polar surface area (TPSA) is 96.1 Å². The maximum atomic E-state index is 13.4. The fourth-order valence-corrected chi connectivity index (χ4v) is 5.06. The zero-order valence-electron chi connectivity index (χ0n) is 20.1. The van der Waals surface area contributed by atoms with Gasteiger partial charge in [-0.3, -0.25) is 9.69 Å². The summed E-state index contributed by atoms with van der Waals surface area (Å²) in [6.07, 6.45) is 4.21. The van der Waals surface area contributed by atoms with Crippen molar-refractivity contribution in [1.82, 2.24) is 29.5 Å². The third-order valence-electron chi connectivity index (χ3n) is 7.09. The summed E-state index contributed by atoms with van der Waals surface area (Å²) in [5.41, 5.74) is 13.8. The Morgan fingerprint density at radius 1 is 1.11 bits per heavy atom. The second kappa shape index (κ2) is 8.48. The van der Waals surface area contributed by atoms with E-state index < -0.39 is 0 Å². The van der Waals surface area contributed by atoms with Gasteiger partial charge in [0.05, 0.1) is 28.5 Å². The molecule has 35 heavy (non-hydrogen) atoms. The van der Waals surface area contributed by atoms with Gasteiger partial charge in [-0.25, -0.2) is 9.67 Å². The fraction of sp³-hybridized carbons (Fsp3) is 0.296. The number of piperazine rings is 1. The number of aromatic nitrogens is 4. The van der Waals surface area contributed by atoms with Crippen LogP contribution in [-0.2, 0) is 13.0 Å². The van der Waals surface area contributed by atoms with E-state index in [1.807, 2.05) is 31.2 Å². The normalized spacial score (nSPS) is 16.6. The number of H-pyrrole nitrogens is 1. The maximum absolute atomic E-state index is 13.4. The van der Waals surface area contributed by atoms with Crippen molar-refractivity contribution in [2.24, 2.45) is 0 Å². The molecule has 6 rings (SSSR count). The van der Waals surface area contributed by atoms with Gasteiger partial charge in [0.15, 0.2) is 5.78 Å². The van der Waals surface area contributed by atoms with Crippen LogP contribution in [-0.4, -0.2) is 68.6 Å². The molecule has 3 N–H and O–H groups in total. The number of aryl methyl sites for hydroxylation is 1. The van der Waals surface area contributed by atoms with E-state index in [1.165, 1.54) is 11.1 Å². The molecule has 8 heteroatoms. The SMILES string of the molecule is Cc1nc2ccc(-n3ncc(C(=O)C4=Cc5cc(CN6CCN(C)CC6)ccc5C4)c3N)cc2[nH]1. The predicted octanol–water partition coefficient (Wildman–Crippen LogP) is 3.21. The van der Waals surface area contributed by atoms with Gasteiger partial charge in [-0.15, -0.1) is 0 Å². The van der Waals surface area contributed by atoms with Gasteiger partial charge in [-0.1, -0.05) is 18.2 Å². The predicted molar refractivity (Wildman–Crippen MR) is 138 cm³/mol. The van der Waals surface area contributed by atoms with Crippen LogP contribution in [0.2, 0.25) is 0 Å². The molecule has 2 aromatic heterocycles. The van der Waals surface area contributed by atoms with Crippen LogP contribution in [0.1, 0.15) is 32.9 Å². The molecule has 2 aromatic carbocycles. The van der Waals surface area contributed by atoms with Gasteiger partial charge in [0.1, 0.15) is 11.6 Å². The lowest BCUT2D eigenvalue weighted by molar-refractivity contribution is 0.103. The number of rotatable bonds is 5. The number of nitrogens with one attached hydrogen (secondary N) is 1. The van der Waals surface area contributed by atoms with Crippen LogP contribution in [0.25, 0.3) is 22.8 Å². The Labute approximate surface area is 204 Å². The number of Topliss-reactive ketones (excluding diaryl/α,β-unsaturated/α-hetero) is 1. The average Bonchev–Trinajstić information content (AvgIpc) is 3.55. The summed E-state index contributed by atoms with van der Waals surface area (Å²) in [7, 11) is 2.17. The van der Waals surface area contributed by atoms with Crippen molar-refractivity contribution in [3.63, 3.8) is 0 Å². The Morgan fingerprint density at radius 2 is 1.94 bits per heavy atom. The number of ketones is 1. The first-order valence-electron chi connectivity index (χ1n) is 12.0. The average molecular weight is 468 g/mol. The van der Waals surface area contributed by atoms with Crippen molar-refractivity contribution in [1.29, 1.82) is 0 Å². The van der Waals surface area contributed by atoms with Crippen LogP contribution in [0.3, 0.4) is 0 Å². The van der Waals surface area contributed by atoms with E-state index in [1.54, 1.807) is 10.9 Å². The number of hydrogen-bond acceptors (Lipinski definition) is 6. The first-order chi connectivity index (χ1) is 16.9. The number of anilines is 1. The van der Waals surface area contributed by atoms with Crippen LogP contribution in [0.15, 0.2) is 48.2 Å². The first kappa shape index (κ1) is 21.8. The van der Waals surface area contributed by atoms with Gasteiger partial charge in [-0.2, -0.15) is 5.10 Å². The maximum Gasteiger partial charge on any atom is 0.194 e. The molecule has 1 saturated heterocycles. The molecule has 0 radical (unpaired) electrons. The molecule has 1 aliphatic heterocycles. The molecule has 0 saturated carbocycles. The number of nitrogen functional groups attached to an aromatic ring is 1. The summed E-state index contributed by atoms with van der Waals surface area (Å²) in [6.45, 7) is 7.24. The summed E-state index contributed by atoms with van der Waals surface area (Å²) in [5, 5.41) is 4.43. The van der Waals surface area contributed by atoms with Gasteiger partial charge in [0, 0.05) is 44.7 Å². The lowest BCUT2D eigenvalue weighted by Gasteiger charge is -2.32. The number of fused-ring (bicyclic) bond motifs is 2. The molecule has 4 aromatic rings. The van der Waals surface area contributed by atoms with Crippen molar-refractivity contribution in [2.75, 3.05) is 39.0 Å². The molecule has 0 amide bonds. The van der Waals surface area contributed by atoms with E-state index in [0.717, 1.165) is 66.4 Å². The smallest absolute Gasteiger partial charge is 0.194 e. The van der Waals surface area contributed by atoms with E-state index >= 15 is 0 Å². The number of hydrogen-bond donors (Lipinski definition) is 2. The largest absolute Gasteiger partial charge is 0.383 e. The lowest BCUT2D eigenvalue weighted by Crippen LogP contribution is -2.43. The van der Waals surface area contributed by atoms with E-state index in [2.05, 4.69) is 50.1 Å². The Balaban J connectivity index is 1.22. The lowest BCUT2D eigenvalue weighted by atomic mass is 10.0. The highest BCUT2D eigenvalue weighted by atomic mass is 16.1. The van der Waals surface area contributed by atoms with Gasteiger partial charge in [0.25, 0.3) is 0 Å². The summed E-state index contributed by atoms with van der Waals surface area (Å²) in [6, 6.07) is 12.4. The molecular formula is C27H29N7O. The van der Waals surface area contributed by atoms with E-state index in [0.29, 0.717) is 17.8 Å². The first-order valence-corrected chi connectivity index (χ1v) is 12.0. The third-order valence-corrected chi connectivity index (χ3v) is 7.09. The number of allylic oxidation sites excluding steroid dienone is 1. The quantitative estimate of drug-likeness (QED) is 0.438. The Morgan fingerprint density at radius 3 is 2.77 bits per heavy atom. The number of nitrogens with zero attached hydrogens (tertiary/aromatic N) is 5. The number of imidazole rings is 1. The zero-order chi connectivity index (χ0) is 24.1. The van der Waals surface area contributed by atoms with Gasteiger partial charge in [-0.05, 0) is 54.9 Å². The van der Waals surface area contributed by atoms with Crippen LogP contribution in [0, 0.1) is 6.92 Å². The summed E-state index contributed by atoms with van der Waals surface area (Å²) < 4.78 is 1.61. The monoisotopic (exact) mass is 467 g/mol. The molecule has 0 bridgehead atoms. The van der Waals surface area contributed by atoms with Gasteiger partial charge in [0.2, 0.25) is 0 Å². The van der Waals surface area contributed by atoms with Crippen LogP contribution >= 0.6 is 0 Å². The molecule has 2 aliphatic rings. The Hall–Kier alpha value is -3.75. The second-order valence-electron chi connectivity index (χ2n) is 9.67. The molecule has 178 valence electrons. The standard InChI is InChI=1S/C27H29N7O/c1-17-30-24-6-5-22(14-25(24)31-17)34-27(28)23(15-29-34)26(35)21-12-19-4-3-18(11-20(19)13-21)16-33-9-7-32(2)8-10-33/h3-6,11,13-15H,7-10,12,16,28H2,1-2H3,(H,30,31). The van der Waals surface area contributed by atoms with Crippen molar-refractivity contribution in [2.45, 2.75) is 19.9 Å². The number of likely N-dealkylation sites (N-methyl/N-ethyl adjacent to an activating group) is 1. The van der Waals surface area contributed by atoms with E-state index in [4.69, 9.17) is 5.73 Å². The number of carbonyl (C=O) groups is 1. The highest BCUT2D eigenvalue weighted by Crippen LogP contribution is 2.30. The summed E-state index contributed by atoms with van der Waals surface area (Å²) >= 11 is 0. The third kappa shape index (κ3) is 4.05. The van der Waals surface area contributed by atoms with E-state index in [9.17, 15) is 4.79 Å². The highest BCUT2D eigenvalue weighted by Gasteiger charge is 2.24. The summed E-state index contributed by atoms with van der Waals surface area (Å²) in [5.74, 6) is 1.13. The second-order valence-corrected chi connectivity index (χ2v) is 9.67. The molecule has 1 aliphatic carbocycles. The Bertz CT molecular complexity index is 1470. The van der Waals surface area contributed by atoms with E-state index in [-0.39, 0.29) is 5.78 Å². The van der Waals surface area contributed by atoms with Crippen LogP contribution < -0.4 is 5.73 Å². The molecule has 0 unspecified atom stereocenters. The molecule has 0 spiro atoms. The molecule has 8 nitrogen and oxygen atoms in total. The highest BCUT2D eigenvalue weighted by molar-refractivity contribution is 6.15. The fourth-order valence-electron chi connectivity index (χ4n) is 5.06. The minimum absolute atomic E-state index is 0.0657. The van der Waals surface area contributed by atoms with Gasteiger partial charge >= 0.3 is 0 Å². The minimum atomic E-state index is -0.0657. The number of carbonyl (C=O) groups excluding carboxylic acids is 1. The van der Waals surface area contributed by atoms with Crippen molar-refractivity contribution < 1.29 is 4.79 Å². The molecule has 3 heterocycles. The molecular weight excluding hydrogens is 438 g/mol. The minimum Gasteiger partial charge on any atom is -0.383 e. The van der Waals surface area contributed by atoms with Crippen molar-refractivity contribution in [3.05, 3.63) is 76.2 Å². The molecule has 1 fully saturated rings. The summed E-state index contributed by atoms with van der Waals surface area (Å²) in [4.78, 5) is 25.9. The Kier molecular flexibility index (Phi) is 5.27. The van der Waals surface area contributed by atoms with Gasteiger partial charge < -0.3 is 15.6 Å². The number of nitrogens with two attached hydrogens (primary N) is 1. The molecule has 0 atom stereocenters. The van der Waals surface area contributed by atoms with Crippen LogP contribution in [0.4, 0.5) is 5.82 Å². The van der Waals surface area contributed by atoms with Crippen LogP contribution in [0.5, 0.6) is 0 Å². The number of aromatic amines is 1. The van der Waals surface area contributed by atoms with Crippen molar-refractivity contribution in [3.8, 4) is 5.69 Å². The number of benzene rings is 2. The zero-order valence-corrected chi connectivity index (χ0v) is 20.1. The van der Waals surface area contributed by atoms with Crippen molar-refractivity contribution >= 4 is 28.7 Å².